The number of hydrogen-bond acceptors (Lipinski definition) is 4. The summed E-state index contributed by atoms with van der Waals surface area (Å²) in [5.74, 6) is 1.55. The monoisotopic (exact) mass is 522 g/mol. The molecule has 0 unspecified atom stereocenters. The van der Waals surface area contributed by atoms with Crippen molar-refractivity contribution in [2.75, 3.05) is 24.2 Å². The van der Waals surface area contributed by atoms with Gasteiger partial charge in [0.15, 0.2) is 15.8 Å². The number of aliphatic imine (C=N–C) groups is 1. The molecule has 5 rings (SSSR count). The summed E-state index contributed by atoms with van der Waals surface area (Å²) >= 11 is 0. The van der Waals surface area contributed by atoms with Crippen LogP contribution in [0.1, 0.15) is 86.0 Å². The molecule has 1 aliphatic heterocycles. The fourth-order valence-corrected chi connectivity index (χ4v) is 6.80. The Labute approximate surface area is 220 Å². The van der Waals surface area contributed by atoms with E-state index >= 15 is 0 Å². The van der Waals surface area contributed by atoms with Gasteiger partial charge in [-0.25, -0.2) is 8.42 Å². The molecule has 8 heteroatoms. The van der Waals surface area contributed by atoms with Crippen LogP contribution in [0.3, 0.4) is 0 Å². The summed E-state index contributed by atoms with van der Waals surface area (Å²) in [6.07, 6.45) is 11.3. The van der Waals surface area contributed by atoms with E-state index < -0.39 is 9.84 Å². The number of nitrogens with one attached hydrogen (secondary N) is 3. The lowest BCUT2D eigenvalue weighted by Gasteiger charge is -2.21. The molecule has 1 amide bonds. The third-order valence-electron chi connectivity index (χ3n) is 7.69. The van der Waals surface area contributed by atoms with Gasteiger partial charge in [0, 0.05) is 30.0 Å². The van der Waals surface area contributed by atoms with Gasteiger partial charge in [-0.15, -0.1) is 0 Å². The summed E-state index contributed by atoms with van der Waals surface area (Å²) < 4.78 is 26.1. The maximum atomic E-state index is 13.1. The highest BCUT2D eigenvalue weighted by Gasteiger charge is 2.27. The second-order valence-corrected chi connectivity index (χ2v) is 12.8. The van der Waals surface area contributed by atoms with E-state index in [4.69, 9.17) is 0 Å². The Morgan fingerprint density at radius 3 is 2.49 bits per heavy atom. The number of benzene rings is 2. The Hall–Kier alpha value is -2.87. The average Bonchev–Trinajstić information content (AvgIpc) is 3.76. The lowest BCUT2D eigenvalue weighted by atomic mass is 9.86. The van der Waals surface area contributed by atoms with E-state index in [2.05, 4.69) is 20.9 Å². The van der Waals surface area contributed by atoms with Crippen LogP contribution in [0, 0.1) is 5.92 Å². The number of guanidine groups is 1. The third-order valence-corrected chi connectivity index (χ3v) is 9.49. The molecule has 7 nitrogen and oxygen atoms in total. The van der Waals surface area contributed by atoms with Crippen molar-refractivity contribution in [3.05, 3.63) is 53.6 Å². The number of hydrogen-bond donors (Lipinski definition) is 3. The smallest absolute Gasteiger partial charge is 0.280 e. The fourth-order valence-electron chi connectivity index (χ4n) is 5.43. The second-order valence-electron chi connectivity index (χ2n) is 10.7. The number of sulfone groups is 1. The lowest BCUT2D eigenvalue weighted by Crippen LogP contribution is -2.44. The predicted molar refractivity (Wildman–Crippen MR) is 148 cm³/mol. The van der Waals surface area contributed by atoms with E-state index in [9.17, 15) is 13.2 Å². The maximum Gasteiger partial charge on any atom is 0.280 e. The van der Waals surface area contributed by atoms with Gasteiger partial charge < -0.3 is 16.0 Å². The fraction of sp³-hybridized carbons (Fsp3) is 0.517. The van der Waals surface area contributed by atoms with Crippen molar-refractivity contribution < 1.29 is 13.2 Å². The molecule has 198 valence electrons. The van der Waals surface area contributed by atoms with Crippen molar-refractivity contribution in [1.29, 1.82) is 0 Å². The molecule has 0 aromatic heterocycles. The number of carbonyl (C=O) groups excluding carboxylic acids is 1. The van der Waals surface area contributed by atoms with Gasteiger partial charge in [0.1, 0.15) is 0 Å². The van der Waals surface area contributed by atoms with Crippen molar-refractivity contribution in [2.24, 2.45) is 10.9 Å². The van der Waals surface area contributed by atoms with Crippen LogP contribution in [0.25, 0.3) is 0 Å². The van der Waals surface area contributed by atoms with Gasteiger partial charge in [-0.2, -0.15) is 4.99 Å². The standard InChI is InChI=1S/C29H38N4O3S/c34-28(33-29-30-16-6-17-31-29)23-14-15-27(26(19-23)22-12-13-22)32-24-10-4-11-25(20-24)37(35,36)18-5-9-21-7-2-1-3-8-21/h4,10-11,14-15,19-22,32H,1-3,5-9,12-13,16-18H2,(H2,30,31,33,34). The van der Waals surface area contributed by atoms with Crippen molar-refractivity contribution in [2.45, 2.75) is 75.0 Å². The molecule has 2 aromatic rings. The van der Waals surface area contributed by atoms with E-state index in [1.54, 1.807) is 24.3 Å². The average molecular weight is 523 g/mol. The molecule has 3 fully saturated rings. The molecule has 0 spiro atoms. The van der Waals surface area contributed by atoms with Gasteiger partial charge >= 0.3 is 0 Å². The predicted octanol–water partition coefficient (Wildman–Crippen LogP) is 5.52. The highest BCUT2D eigenvalue weighted by molar-refractivity contribution is 7.91. The van der Waals surface area contributed by atoms with Crippen molar-refractivity contribution in [1.82, 2.24) is 10.6 Å². The first-order valence-electron chi connectivity index (χ1n) is 13.8. The normalized spacial score (nSPS) is 18.5. The molecule has 1 saturated heterocycles. The van der Waals surface area contributed by atoms with Crippen LogP contribution in [0.2, 0.25) is 0 Å². The Kier molecular flexibility index (Phi) is 8.13. The molecular formula is C29H38N4O3S. The summed E-state index contributed by atoms with van der Waals surface area (Å²) in [6, 6.07) is 12.7. The van der Waals surface area contributed by atoms with E-state index in [0.29, 0.717) is 28.3 Å². The number of nitrogens with zero attached hydrogens (tertiary/aromatic N) is 1. The first-order valence-corrected chi connectivity index (χ1v) is 15.5. The first-order chi connectivity index (χ1) is 18.0. The summed E-state index contributed by atoms with van der Waals surface area (Å²) in [4.78, 5) is 17.3. The first kappa shape index (κ1) is 25.8. The highest BCUT2D eigenvalue weighted by Crippen LogP contribution is 2.44. The summed E-state index contributed by atoms with van der Waals surface area (Å²) in [6.45, 7) is 1.62. The Balaban J connectivity index is 1.27. The van der Waals surface area contributed by atoms with Gasteiger partial charge in [0.05, 0.1) is 10.6 Å². The lowest BCUT2D eigenvalue weighted by molar-refractivity contribution is 0.100. The van der Waals surface area contributed by atoms with Crippen LogP contribution >= 0.6 is 0 Å². The molecule has 2 aliphatic carbocycles. The van der Waals surface area contributed by atoms with Crippen molar-refractivity contribution in [3.8, 4) is 0 Å². The summed E-state index contributed by atoms with van der Waals surface area (Å²) in [7, 11) is -3.33. The zero-order valence-corrected chi connectivity index (χ0v) is 22.3. The molecule has 2 aromatic carbocycles. The largest absolute Gasteiger partial charge is 0.356 e. The van der Waals surface area contributed by atoms with Gasteiger partial charge in [-0.1, -0.05) is 38.2 Å². The molecule has 1 heterocycles. The molecule has 2 saturated carbocycles. The van der Waals surface area contributed by atoms with Gasteiger partial charge in [-0.05, 0) is 85.9 Å². The van der Waals surface area contributed by atoms with Crippen LogP contribution in [0.15, 0.2) is 52.4 Å². The zero-order chi connectivity index (χ0) is 25.7. The maximum absolute atomic E-state index is 13.1. The van der Waals surface area contributed by atoms with Gasteiger partial charge in [0.25, 0.3) is 5.91 Å². The van der Waals surface area contributed by atoms with E-state index in [0.717, 1.165) is 62.1 Å². The Morgan fingerprint density at radius 1 is 0.946 bits per heavy atom. The van der Waals surface area contributed by atoms with Crippen LogP contribution in [0.5, 0.6) is 0 Å². The van der Waals surface area contributed by atoms with Crippen molar-refractivity contribution in [3.63, 3.8) is 0 Å². The minimum atomic E-state index is -3.33. The molecule has 0 bridgehead atoms. The molecular weight excluding hydrogens is 484 g/mol. The minimum Gasteiger partial charge on any atom is -0.356 e. The van der Waals surface area contributed by atoms with Crippen LogP contribution < -0.4 is 16.0 Å². The minimum absolute atomic E-state index is 0.198. The summed E-state index contributed by atoms with van der Waals surface area (Å²) in [5.41, 5.74) is 3.29. The van der Waals surface area contributed by atoms with Gasteiger partial charge in [0.2, 0.25) is 0 Å². The number of rotatable bonds is 9. The Bertz CT molecular complexity index is 1240. The Morgan fingerprint density at radius 2 is 1.73 bits per heavy atom. The summed E-state index contributed by atoms with van der Waals surface area (Å²) in [5, 5.41) is 9.66. The molecule has 37 heavy (non-hydrogen) atoms. The van der Waals surface area contributed by atoms with E-state index in [1.165, 1.54) is 32.1 Å². The third kappa shape index (κ3) is 6.92. The molecule has 3 N–H and O–H groups in total. The van der Waals surface area contributed by atoms with Crippen molar-refractivity contribution >= 4 is 33.1 Å². The van der Waals surface area contributed by atoms with E-state index in [-0.39, 0.29) is 11.7 Å². The zero-order valence-electron chi connectivity index (χ0n) is 21.5. The number of amides is 1. The molecule has 0 radical (unpaired) electrons. The van der Waals surface area contributed by atoms with Crippen LogP contribution in [0.4, 0.5) is 11.4 Å². The van der Waals surface area contributed by atoms with E-state index in [1.807, 2.05) is 18.2 Å². The molecule has 0 atom stereocenters. The highest BCUT2D eigenvalue weighted by atomic mass is 32.2. The van der Waals surface area contributed by atoms with Crippen LogP contribution in [-0.2, 0) is 9.84 Å². The topological polar surface area (TPSA) is 99.7 Å². The van der Waals surface area contributed by atoms with Crippen LogP contribution in [-0.4, -0.2) is 39.1 Å². The quantitative estimate of drug-likeness (QED) is 0.401. The number of carbonyl (C=O) groups is 1. The SMILES string of the molecule is O=C(N=C1NCCCN1)c1ccc(Nc2cccc(S(=O)(=O)CCCC3CCCCC3)c2)c(C2CC2)c1. The molecule has 3 aliphatic rings. The number of anilines is 2. The van der Waals surface area contributed by atoms with Gasteiger partial charge in [-0.3, -0.25) is 4.79 Å². The second kappa shape index (κ2) is 11.7.